The maximum Gasteiger partial charge on any atom is 0.254 e. The Hall–Kier alpha value is -2.71. The Morgan fingerprint density at radius 2 is 1.67 bits per heavy atom. The normalized spacial score (nSPS) is 11.3. The van der Waals surface area contributed by atoms with E-state index < -0.39 is 10.0 Å². The summed E-state index contributed by atoms with van der Waals surface area (Å²) in [5.74, 6) is -0.193. The molecule has 2 rings (SSSR count). The van der Waals surface area contributed by atoms with Crippen LogP contribution in [0.25, 0.3) is 0 Å². The third kappa shape index (κ3) is 4.93. The highest BCUT2D eigenvalue weighted by molar-refractivity contribution is 7.89. The summed E-state index contributed by atoms with van der Waals surface area (Å²) >= 11 is 0. The first-order valence-electron chi connectivity index (χ1n) is 8.25. The molecule has 0 radical (unpaired) electrons. The Labute approximate surface area is 158 Å². The summed E-state index contributed by atoms with van der Waals surface area (Å²) in [7, 11) is -2.36. The SMILES string of the molecule is COc1ccccc1C(=O)CN(C(=O)c1ccc(S(N)(=O)=O)cc1)C(C)C. The minimum absolute atomic E-state index is 0.0831. The zero-order chi connectivity index (χ0) is 20.2. The number of benzene rings is 2. The number of nitrogens with zero attached hydrogens (tertiary/aromatic N) is 1. The third-order valence-corrected chi connectivity index (χ3v) is 4.96. The Kier molecular flexibility index (Phi) is 6.35. The molecule has 2 aromatic rings. The van der Waals surface area contributed by atoms with Gasteiger partial charge in [0.05, 0.1) is 24.1 Å². The van der Waals surface area contributed by atoms with Gasteiger partial charge in [0.15, 0.2) is 5.78 Å². The van der Waals surface area contributed by atoms with E-state index in [4.69, 9.17) is 9.88 Å². The van der Waals surface area contributed by atoms with Crippen LogP contribution in [0.5, 0.6) is 5.75 Å². The molecule has 0 spiro atoms. The van der Waals surface area contributed by atoms with E-state index in [-0.39, 0.29) is 34.7 Å². The molecule has 2 N–H and O–H groups in total. The van der Waals surface area contributed by atoms with Gasteiger partial charge in [-0.15, -0.1) is 0 Å². The predicted octanol–water partition coefficient (Wildman–Crippen LogP) is 2.08. The van der Waals surface area contributed by atoms with Gasteiger partial charge in [0.2, 0.25) is 10.0 Å². The van der Waals surface area contributed by atoms with Crippen LogP contribution >= 0.6 is 0 Å². The van der Waals surface area contributed by atoms with Crippen molar-refractivity contribution in [2.45, 2.75) is 24.8 Å². The summed E-state index contributed by atoms with van der Waals surface area (Å²) in [5, 5.41) is 5.07. The van der Waals surface area contributed by atoms with E-state index in [0.29, 0.717) is 11.3 Å². The van der Waals surface area contributed by atoms with Crippen LogP contribution in [0.1, 0.15) is 34.6 Å². The first-order chi connectivity index (χ1) is 12.6. The number of carbonyl (C=O) groups excluding carboxylic acids is 2. The molecule has 0 saturated heterocycles. The molecule has 144 valence electrons. The highest BCUT2D eigenvalue weighted by Gasteiger charge is 2.24. The molecule has 0 aliphatic rings. The molecule has 0 aliphatic carbocycles. The van der Waals surface area contributed by atoms with Crippen LogP contribution in [0.4, 0.5) is 0 Å². The van der Waals surface area contributed by atoms with Crippen molar-refractivity contribution in [1.29, 1.82) is 0 Å². The number of rotatable bonds is 7. The Bertz CT molecular complexity index is 937. The van der Waals surface area contributed by atoms with Gasteiger partial charge in [0.25, 0.3) is 5.91 Å². The molecule has 1 amide bonds. The molecule has 0 bridgehead atoms. The molecular formula is C19H22N2O5S. The number of primary sulfonamides is 1. The zero-order valence-electron chi connectivity index (χ0n) is 15.4. The van der Waals surface area contributed by atoms with Gasteiger partial charge in [-0.1, -0.05) is 12.1 Å². The van der Waals surface area contributed by atoms with Crippen LogP contribution in [-0.4, -0.2) is 44.7 Å². The van der Waals surface area contributed by atoms with E-state index in [1.165, 1.54) is 36.3 Å². The van der Waals surface area contributed by atoms with Crippen LogP contribution in [0.2, 0.25) is 0 Å². The van der Waals surface area contributed by atoms with Gasteiger partial charge in [0.1, 0.15) is 5.75 Å². The van der Waals surface area contributed by atoms with Gasteiger partial charge in [-0.25, -0.2) is 13.6 Å². The predicted molar refractivity (Wildman–Crippen MR) is 101 cm³/mol. The number of amides is 1. The first kappa shape index (κ1) is 20.6. The minimum atomic E-state index is -3.84. The average Bonchev–Trinajstić information content (AvgIpc) is 2.64. The van der Waals surface area contributed by atoms with Crippen LogP contribution < -0.4 is 9.88 Å². The lowest BCUT2D eigenvalue weighted by atomic mass is 10.1. The van der Waals surface area contributed by atoms with E-state index >= 15 is 0 Å². The van der Waals surface area contributed by atoms with Crippen molar-refractivity contribution in [3.63, 3.8) is 0 Å². The molecule has 0 heterocycles. The summed E-state index contributed by atoms with van der Waals surface area (Å²) in [6.07, 6.45) is 0. The maximum absolute atomic E-state index is 12.8. The summed E-state index contributed by atoms with van der Waals surface area (Å²) in [4.78, 5) is 26.9. The van der Waals surface area contributed by atoms with Crippen LogP contribution in [0, 0.1) is 0 Å². The van der Waals surface area contributed by atoms with Gasteiger partial charge in [0, 0.05) is 11.6 Å². The molecule has 0 aromatic heterocycles. The highest BCUT2D eigenvalue weighted by Crippen LogP contribution is 2.19. The number of hydrogen-bond donors (Lipinski definition) is 1. The van der Waals surface area contributed by atoms with Gasteiger partial charge in [-0.3, -0.25) is 9.59 Å². The summed E-state index contributed by atoms with van der Waals surface area (Å²) in [5.41, 5.74) is 0.659. The lowest BCUT2D eigenvalue weighted by molar-refractivity contribution is 0.0661. The molecule has 7 nitrogen and oxygen atoms in total. The smallest absolute Gasteiger partial charge is 0.254 e. The second-order valence-corrected chi connectivity index (χ2v) is 7.78. The summed E-state index contributed by atoms with van der Waals surface area (Å²) in [6, 6.07) is 11.9. The van der Waals surface area contributed by atoms with Crippen molar-refractivity contribution in [3.05, 3.63) is 59.7 Å². The highest BCUT2D eigenvalue weighted by atomic mass is 32.2. The van der Waals surface area contributed by atoms with Gasteiger partial charge >= 0.3 is 0 Å². The number of ketones is 1. The van der Waals surface area contributed by atoms with Crippen LogP contribution in [-0.2, 0) is 10.0 Å². The van der Waals surface area contributed by atoms with E-state index in [1.807, 2.05) is 0 Å². The number of nitrogens with two attached hydrogens (primary N) is 1. The lowest BCUT2D eigenvalue weighted by Crippen LogP contribution is -2.40. The molecule has 8 heteroatoms. The van der Waals surface area contributed by atoms with Crippen molar-refractivity contribution < 1.29 is 22.7 Å². The fourth-order valence-electron chi connectivity index (χ4n) is 2.56. The van der Waals surface area contributed by atoms with Gasteiger partial charge in [-0.05, 0) is 50.2 Å². The minimum Gasteiger partial charge on any atom is -0.496 e. The molecular weight excluding hydrogens is 368 g/mol. The molecule has 0 atom stereocenters. The fraction of sp³-hybridized carbons (Fsp3) is 0.263. The van der Waals surface area contributed by atoms with Crippen LogP contribution in [0.15, 0.2) is 53.4 Å². The first-order valence-corrected chi connectivity index (χ1v) is 9.80. The van der Waals surface area contributed by atoms with E-state index in [2.05, 4.69) is 0 Å². The van der Waals surface area contributed by atoms with Crippen LogP contribution in [0.3, 0.4) is 0 Å². The second kappa shape index (κ2) is 8.32. The van der Waals surface area contributed by atoms with Crippen molar-refractivity contribution in [2.75, 3.05) is 13.7 Å². The van der Waals surface area contributed by atoms with Crippen molar-refractivity contribution in [1.82, 2.24) is 4.90 Å². The Balaban J connectivity index is 2.26. The molecule has 0 saturated carbocycles. The summed E-state index contributed by atoms with van der Waals surface area (Å²) < 4.78 is 27.9. The Morgan fingerprint density at radius 1 is 1.07 bits per heavy atom. The number of methoxy groups -OCH3 is 1. The molecule has 0 unspecified atom stereocenters. The fourth-order valence-corrected chi connectivity index (χ4v) is 3.07. The third-order valence-electron chi connectivity index (χ3n) is 4.04. The van der Waals surface area contributed by atoms with Gasteiger partial charge in [-0.2, -0.15) is 0 Å². The van der Waals surface area contributed by atoms with E-state index in [9.17, 15) is 18.0 Å². The molecule has 27 heavy (non-hydrogen) atoms. The molecule has 0 aliphatic heterocycles. The zero-order valence-corrected chi connectivity index (χ0v) is 16.2. The second-order valence-electron chi connectivity index (χ2n) is 6.22. The number of hydrogen-bond acceptors (Lipinski definition) is 5. The Morgan fingerprint density at radius 3 is 2.19 bits per heavy atom. The van der Waals surface area contributed by atoms with E-state index in [1.54, 1.807) is 38.1 Å². The topological polar surface area (TPSA) is 107 Å². The number of carbonyl (C=O) groups is 2. The quantitative estimate of drug-likeness (QED) is 0.729. The number of ether oxygens (including phenoxy) is 1. The number of Topliss-reactive ketones (excluding diaryl/α,β-unsaturated/α-hetero) is 1. The maximum atomic E-state index is 12.8. The number of sulfonamides is 1. The average molecular weight is 390 g/mol. The van der Waals surface area contributed by atoms with Gasteiger partial charge < -0.3 is 9.64 Å². The standard InChI is InChI=1S/C19H22N2O5S/c1-13(2)21(12-17(22)16-6-4-5-7-18(16)26-3)19(23)14-8-10-15(11-9-14)27(20,24)25/h4-11,13H,12H2,1-3H3,(H2,20,24,25). The lowest BCUT2D eigenvalue weighted by Gasteiger charge is -2.26. The van der Waals surface area contributed by atoms with Crippen molar-refractivity contribution >= 4 is 21.7 Å². The monoisotopic (exact) mass is 390 g/mol. The molecule has 0 fully saturated rings. The van der Waals surface area contributed by atoms with Crippen molar-refractivity contribution in [2.24, 2.45) is 5.14 Å². The number of para-hydroxylation sites is 1. The largest absolute Gasteiger partial charge is 0.496 e. The van der Waals surface area contributed by atoms with Crippen molar-refractivity contribution in [3.8, 4) is 5.75 Å². The molecule has 2 aromatic carbocycles. The van der Waals surface area contributed by atoms with E-state index in [0.717, 1.165) is 0 Å². The summed E-state index contributed by atoms with van der Waals surface area (Å²) in [6.45, 7) is 3.46.